The second-order valence-electron chi connectivity index (χ2n) is 5.38. The lowest BCUT2D eigenvalue weighted by atomic mass is 10.0. The summed E-state index contributed by atoms with van der Waals surface area (Å²) in [6.07, 6.45) is 5.46. The van der Waals surface area contributed by atoms with E-state index in [-0.39, 0.29) is 17.6 Å². The molecular formula is C14H20N2O3S. The van der Waals surface area contributed by atoms with Gasteiger partial charge in [0.1, 0.15) is 5.00 Å². The Morgan fingerprint density at radius 1 is 1.30 bits per heavy atom. The first kappa shape index (κ1) is 14.8. The normalized spacial score (nSPS) is 22.9. The van der Waals surface area contributed by atoms with Crippen LogP contribution in [0.2, 0.25) is 0 Å². The number of rotatable bonds is 3. The van der Waals surface area contributed by atoms with Gasteiger partial charge in [-0.25, -0.2) is 9.59 Å². The summed E-state index contributed by atoms with van der Waals surface area (Å²) in [4.78, 5) is 22.9. The van der Waals surface area contributed by atoms with Crippen LogP contribution < -0.4 is 10.6 Å². The fourth-order valence-corrected chi connectivity index (χ4v) is 3.30. The molecule has 3 N–H and O–H groups in total. The molecule has 1 aromatic heterocycles. The lowest BCUT2D eigenvalue weighted by Crippen LogP contribution is -2.37. The topological polar surface area (TPSA) is 78.4 Å². The van der Waals surface area contributed by atoms with E-state index in [0.29, 0.717) is 5.00 Å². The van der Waals surface area contributed by atoms with Crippen molar-refractivity contribution in [3.8, 4) is 0 Å². The second-order valence-corrected chi connectivity index (χ2v) is 6.29. The molecule has 2 rings (SSSR count). The van der Waals surface area contributed by atoms with E-state index in [1.165, 1.54) is 23.8 Å². The first-order valence-electron chi connectivity index (χ1n) is 6.94. The predicted octanol–water partition coefficient (Wildman–Crippen LogP) is 3.54. The minimum absolute atomic E-state index is 0.139. The van der Waals surface area contributed by atoms with E-state index in [0.717, 1.165) is 31.6 Å². The molecule has 0 spiro atoms. The highest BCUT2D eigenvalue weighted by molar-refractivity contribution is 7.14. The van der Waals surface area contributed by atoms with Crippen molar-refractivity contribution < 1.29 is 14.7 Å². The van der Waals surface area contributed by atoms with Gasteiger partial charge in [0.2, 0.25) is 0 Å². The van der Waals surface area contributed by atoms with Crippen LogP contribution >= 0.6 is 11.3 Å². The quantitative estimate of drug-likeness (QED) is 0.746. The number of urea groups is 1. The highest BCUT2D eigenvalue weighted by Gasteiger charge is 2.19. The lowest BCUT2D eigenvalue weighted by molar-refractivity contribution is 0.0698. The second kappa shape index (κ2) is 6.74. The van der Waals surface area contributed by atoms with E-state index in [1.807, 2.05) is 0 Å². The number of aromatic carboxylic acids is 1. The Bertz CT molecular complexity index is 487. The molecular weight excluding hydrogens is 276 g/mol. The number of carboxylic acids is 1. The molecule has 20 heavy (non-hydrogen) atoms. The largest absolute Gasteiger partial charge is 0.478 e. The summed E-state index contributed by atoms with van der Waals surface area (Å²) in [7, 11) is 0. The summed E-state index contributed by atoms with van der Waals surface area (Å²) in [6.45, 7) is 2.24. The van der Waals surface area contributed by atoms with Gasteiger partial charge in [-0.1, -0.05) is 19.8 Å². The van der Waals surface area contributed by atoms with Crippen LogP contribution in [0.25, 0.3) is 0 Å². The lowest BCUT2D eigenvalue weighted by Gasteiger charge is -2.16. The molecule has 6 heteroatoms. The van der Waals surface area contributed by atoms with Gasteiger partial charge in [-0.3, -0.25) is 5.32 Å². The minimum Gasteiger partial charge on any atom is -0.478 e. The van der Waals surface area contributed by atoms with E-state index >= 15 is 0 Å². The van der Waals surface area contributed by atoms with Crippen LogP contribution in [0.3, 0.4) is 0 Å². The Kier molecular flexibility index (Phi) is 5.00. The van der Waals surface area contributed by atoms with Crippen molar-refractivity contribution in [1.82, 2.24) is 5.32 Å². The van der Waals surface area contributed by atoms with Crippen molar-refractivity contribution in [2.45, 2.75) is 45.1 Å². The van der Waals surface area contributed by atoms with Crippen LogP contribution in [0.15, 0.2) is 11.4 Å². The van der Waals surface area contributed by atoms with E-state index in [1.54, 1.807) is 5.38 Å². The first-order valence-corrected chi connectivity index (χ1v) is 7.82. The summed E-state index contributed by atoms with van der Waals surface area (Å²) in [6, 6.07) is 1.37. The third kappa shape index (κ3) is 3.96. The molecule has 5 nitrogen and oxygen atoms in total. The molecule has 1 saturated carbocycles. The Labute approximate surface area is 122 Å². The van der Waals surface area contributed by atoms with Gasteiger partial charge in [-0.15, -0.1) is 11.3 Å². The average Bonchev–Trinajstić information content (AvgIpc) is 2.74. The minimum atomic E-state index is -1.02. The standard InChI is InChI=1S/C14H20N2O3S/c1-9-3-2-4-10(6-5-9)15-14(19)16-12-11(13(17)18)7-8-20-12/h7-10H,2-6H2,1H3,(H,17,18)(H2,15,16,19). The Balaban J connectivity index is 1.89. The number of carbonyl (C=O) groups is 2. The maximum atomic E-state index is 11.9. The summed E-state index contributed by atoms with van der Waals surface area (Å²) in [5, 5.41) is 16.6. The predicted molar refractivity (Wildman–Crippen MR) is 79.5 cm³/mol. The third-order valence-corrected chi connectivity index (χ3v) is 4.55. The van der Waals surface area contributed by atoms with E-state index in [2.05, 4.69) is 17.6 Å². The zero-order valence-corrected chi connectivity index (χ0v) is 12.3. The van der Waals surface area contributed by atoms with Crippen molar-refractivity contribution >= 4 is 28.3 Å². The zero-order chi connectivity index (χ0) is 14.5. The number of carboxylic acid groups (broad SMARTS) is 1. The van der Waals surface area contributed by atoms with Crippen LogP contribution in [0.1, 0.15) is 49.4 Å². The van der Waals surface area contributed by atoms with Gasteiger partial charge in [-0.2, -0.15) is 0 Å². The van der Waals surface area contributed by atoms with Crippen molar-refractivity contribution in [3.63, 3.8) is 0 Å². The van der Waals surface area contributed by atoms with E-state index in [4.69, 9.17) is 5.11 Å². The van der Waals surface area contributed by atoms with Crippen LogP contribution in [0, 0.1) is 5.92 Å². The van der Waals surface area contributed by atoms with Gasteiger partial charge in [0, 0.05) is 6.04 Å². The molecule has 0 bridgehead atoms. The molecule has 2 atom stereocenters. The van der Waals surface area contributed by atoms with Gasteiger partial charge in [0.15, 0.2) is 0 Å². The average molecular weight is 296 g/mol. The maximum absolute atomic E-state index is 11.9. The molecule has 0 aromatic carbocycles. The molecule has 110 valence electrons. The maximum Gasteiger partial charge on any atom is 0.338 e. The molecule has 1 fully saturated rings. The summed E-state index contributed by atoms with van der Waals surface area (Å²) >= 11 is 1.22. The highest BCUT2D eigenvalue weighted by atomic mass is 32.1. The van der Waals surface area contributed by atoms with Gasteiger partial charge >= 0.3 is 12.0 Å². The number of carbonyl (C=O) groups excluding carboxylic acids is 1. The Morgan fingerprint density at radius 2 is 2.10 bits per heavy atom. The number of thiophene rings is 1. The molecule has 0 radical (unpaired) electrons. The zero-order valence-electron chi connectivity index (χ0n) is 11.5. The fraction of sp³-hybridized carbons (Fsp3) is 0.571. The molecule has 2 amide bonds. The number of nitrogens with one attached hydrogen (secondary N) is 2. The number of amides is 2. The van der Waals surface area contributed by atoms with Crippen LogP contribution in [0.4, 0.5) is 9.80 Å². The Morgan fingerprint density at radius 3 is 2.85 bits per heavy atom. The van der Waals surface area contributed by atoms with Gasteiger partial charge in [0.25, 0.3) is 0 Å². The number of hydrogen-bond donors (Lipinski definition) is 3. The number of anilines is 1. The molecule has 0 saturated heterocycles. The molecule has 2 unspecified atom stereocenters. The van der Waals surface area contributed by atoms with E-state index in [9.17, 15) is 9.59 Å². The van der Waals surface area contributed by atoms with Crippen LogP contribution in [-0.4, -0.2) is 23.1 Å². The summed E-state index contributed by atoms with van der Waals surface area (Å²) < 4.78 is 0. The Hall–Kier alpha value is -1.56. The van der Waals surface area contributed by atoms with E-state index < -0.39 is 5.97 Å². The first-order chi connectivity index (χ1) is 9.56. The molecule has 1 aliphatic carbocycles. The summed E-state index contributed by atoms with van der Waals surface area (Å²) in [5.74, 6) is -0.300. The van der Waals surface area contributed by atoms with Crippen LogP contribution in [-0.2, 0) is 0 Å². The fourth-order valence-electron chi connectivity index (χ4n) is 2.53. The molecule has 0 aliphatic heterocycles. The van der Waals surface area contributed by atoms with Crippen molar-refractivity contribution in [2.24, 2.45) is 5.92 Å². The van der Waals surface area contributed by atoms with Gasteiger partial charge in [-0.05, 0) is 36.6 Å². The number of hydrogen-bond acceptors (Lipinski definition) is 3. The molecule has 1 aliphatic rings. The SMILES string of the molecule is CC1CCCC(NC(=O)Nc2sccc2C(=O)O)CC1. The third-order valence-electron chi connectivity index (χ3n) is 3.72. The van der Waals surface area contributed by atoms with Crippen molar-refractivity contribution in [3.05, 3.63) is 17.0 Å². The molecule has 1 heterocycles. The van der Waals surface area contributed by atoms with Gasteiger partial charge in [0.05, 0.1) is 5.56 Å². The smallest absolute Gasteiger partial charge is 0.338 e. The monoisotopic (exact) mass is 296 g/mol. The van der Waals surface area contributed by atoms with Crippen LogP contribution in [0.5, 0.6) is 0 Å². The summed E-state index contributed by atoms with van der Waals surface area (Å²) in [5.41, 5.74) is 0.139. The van der Waals surface area contributed by atoms with Crippen molar-refractivity contribution in [1.29, 1.82) is 0 Å². The van der Waals surface area contributed by atoms with Crippen molar-refractivity contribution in [2.75, 3.05) is 5.32 Å². The van der Waals surface area contributed by atoms with Gasteiger partial charge < -0.3 is 10.4 Å². The molecule has 1 aromatic rings. The highest BCUT2D eigenvalue weighted by Crippen LogP contribution is 2.24.